The lowest BCUT2D eigenvalue weighted by Gasteiger charge is -2.19. The van der Waals surface area contributed by atoms with Gasteiger partial charge in [-0.3, -0.25) is 4.79 Å². The van der Waals surface area contributed by atoms with Crippen LogP contribution in [0.2, 0.25) is 0 Å². The molecule has 38 heavy (non-hydrogen) atoms. The molecule has 0 aliphatic heterocycles. The Labute approximate surface area is 234 Å². The van der Waals surface area contributed by atoms with Crippen LogP contribution in [0.25, 0.3) is 0 Å². The molecule has 2 N–H and O–H groups in total. The molecule has 0 aliphatic carbocycles. The van der Waals surface area contributed by atoms with Gasteiger partial charge in [0.05, 0.1) is 0 Å². The van der Waals surface area contributed by atoms with Crippen molar-refractivity contribution in [1.82, 2.24) is 4.90 Å². The minimum atomic E-state index is -1.22. The number of aromatic carboxylic acids is 1. The molecule has 220 valence electrons. The Balaban J connectivity index is 0.000000739. The maximum atomic E-state index is 12.0. The average molecular weight is 534 g/mol. The first-order valence-corrected chi connectivity index (χ1v) is 15.5. The zero-order valence-electron chi connectivity index (χ0n) is 25.4. The highest BCUT2D eigenvalue weighted by molar-refractivity contribution is 5.99. The number of carbonyl (C=O) groups excluding carboxylic acids is 1. The molecule has 1 aromatic carbocycles. The van der Waals surface area contributed by atoms with Gasteiger partial charge in [-0.2, -0.15) is 0 Å². The third-order valence-electron chi connectivity index (χ3n) is 7.41. The van der Waals surface area contributed by atoms with E-state index in [0.29, 0.717) is 12.0 Å². The van der Waals surface area contributed by atoms with Crippen LogP contribution in [-0.2, 0) is 0 Å². The average Bonchev–Trinajstić information content (AvgIpc) is 2.89. The van der Waals surface area contributed by atoms with Gasteiger partial charge in [-0.1, -0.05) is 117 Å². The Morgan fingerprint density at radius 1 is 0.737 bits per heavy atom. The van der Waals surface area contributed by atoms with Crippen molar-refractivity contribution in [2.45, 2.75) is 149 Å². The van der Waals surface area contributed by atoms with Crippen LogP contribution in [0.5, 0.6) is 5.75 Å². The van der Waals surface area contributed by atoms with E-state index >= 15 is 0 Å². The van der Waals surface area contributed by atoms with Crippen LogP contribution in [0.1, 0.15) is 163 Å². The molecule has 0 radical (unpaired) electrons. The maximum absolute atomic E-state index is 12.0. The van der Waals surface area contributed by atoms with Crippen LogP contribution in [-0.4, -0.2) is 47.0 Å². The van der Waals surface area contributed by atoms with Crippen LogP contribution < -0.4 is 0 Å². The third kappa shape index (κ3) is 19.2. The molecule has 1 rings (SSSR count). The van der Waals surface area contributed by atoms with E-state index in [0.717, 1.165) is 25.3 Å². The molecule has 0 bridgehead atoms. The first kappa shape index (κ1) is 36.1. The van der Waals surface area contributed by atoms with Crippen molar-refractivity contribution in [3.63, 3.8) is 0 Å². The fourth-order valence-electron chi connectivity index (χ4n) is 4.45. The summed E-state index contributed by atoms with van der Waals surface area (Å²) in [7, 11) is 4.36. The summed E-state index contributed by atoms with van der Waals surface area (Å²) >= 11 is 0. The first-order valence-electron chi connectivity index (χ1n) is 15.5. The summed E-state index contributed by atoms with van der Waals surface area (Å²) in [5.74, 6) is -1.60. The van der Waals surface area contributed by atoms with Crippen LogP contribution in [0.3, 0.4) is 0 Å². The van der Waals surface area contributed by atoms with E-state index in [1.54, 1.807) is 0 Å². The van der Waals surface area contributed by atoms with Crippen LogP contribution in [0, 0.1) is 0 Å². The predicted octanol–water partition coefficient (Wildman–Crippen LogP) is 9.66. The molecule has 5 heteroatoms. The summed E-state index contributed by atoms with van der Waals surface area (Å²) in [5.41, 5.74) is 0.136. The molecule has 0 amide bonds. The minimum Gasteiger partial charge on any atom is -0.507 e. The van der Waals surface area contributed by atoms with Gasteiger partial charge in [0.15, 0.2) is 5.78 Å². The van der Waals surface area contributed by atoms with Crippen LogP contribution in [0.4, 0.5) is 0 Å². The molecule has 5 nitrogen and oxygen atoms in total. The normalized spacial score (nSPS) is 11.7. The quantitative estimate of drug-likeness (QED) is 0.115. The van der Waals surface area contributed by atoms with E-state index < -0.39 is 5.97 Å². The van der Waals surface area contributed by atoms with Gasteiger partial charge >= 0.3 is 5.97 Å². The number of hydrogen-bond acceptors (Lipinski definition) is 4. The number of phenols is 1. The van der Waals surface area contributed by atoms with Gasteiger partial charge < -0.3 is 15.1 Å². The smallest absolute Gasteiger partial charge is 0.339 e. The van der Waals surface area contributed by atoms with Crippen LogP contribution in [0.15, 0.2) is 18.2 Å². The van der Waals surface area contributed by atoms with Crippen molar-refractivity contribution in [2.24, 2.45) is 0 Å². The molecule has 0 saturated carbocycles. The number of carbonyl (C=O) groups is 2. The number of rotatable bonds is 22. The lowest BCUT2D eigenvalue weighted by Crippen LogP contribution is -2.24. The number of hydrogen-bond donors (Lipinski definition) is 2. The molecule has 0 fully saturated rings. The highest BCUT2D eigenvalue weighted by Gasteiger charge is 2.13. The standard InChI is InChI=1S/C17H24O4.C16H35N/c1-2-3-4-5-6-7-8-9-15(18)13-10-11-16(19)14(12-13)17(20)21;1-5-6-7-8-9-10-11-12-13-14-15-16(2)17(3)4/h10-12,19H,2-9H2,1H3,(H,20,21);16H,5-15H2,1-4H3. The second-order valence-electron chi connectivity index (χ2n) is 11.1. The highest BCUT2D eigenvalue weighted by atomic mass is 16.4. The number of aromatic hydroxyl groups is 1. The number of Topliss-reactive ketones (excluding diaryl/α,β-unsaturated/α-hetero) is 1. The second-order valence-corrected chi connectivity index (χ2v) is 11.1. The molecular weight excluding hydrogens is 474 g/mol. The van der Waals surface area contributed by atoms with Gasteiger partial charge in [0.25, 0.3) is 0 Å². The Kier molecular flexibility index (Phi) is 23.0. The van der Waals surface area contributed by atoms with Crippen molar-refractivity contribution in [1.29, 1.82) is 0 Å². The zero-order valence-corrected chi connectivity index (χ0v) is 25.4. The second kappa shape index (κ2) is 24.2. The molecule has 1 aromatic rings. The van der Waals surface area contributed by atoms with Crippen molar-refractivity contribution in [3.05, 3.63) is 29.3 Å². The molecule has 0 heterocycles. The molecule has 0 saturated heterocycles. The summed E-state index contributed by atoms with van der Waals surface area (Å²) in [5, 5.41) is 18.3. The van der Waals surface area contributed by atoms with Crippen molar-refractivity contribution in [2.75, 3.05) is 14.1 Å². The Morgan fingerprint density at radius 2 is 1.18 bits per heavy atom. The van der Waals surface area contributed by atoms with Crippen molar-refractivity contribution < 1.29 is 19.8 Å². The predicted molar refractivity (Wildman–Crippen MR) is 162 cm³/mol. The highest BCUT2D eigenvalue weighted by Crippen LogP contribution is 2.20. The number of ketones is 1. The molecular formula is C33H59NO4. The van der Waals surface area contributed by atoms with E-state index in [1.807, 2.05) is 0 Å². The van der Waals surface area contributed by atoms with E-state index in [2.05, 4.69) is 39.8 Å². The van der Waals surface area contributed by atoms with Gasteiger partial charge in [-0.15, -0.1) is 0 Å². The summed E-state index contributed by atoms with van der Waals surface area (Å²) < 4.78 is 0. The Morgan fingerprint density at radius 3 is 1.63 bits per heavy atom. The molecule has 0 aliphatic rings. The SMILES string of the molecule is CCCCCCCCCC(=O)c1ccc(O)c(C(=O)O)c1.CCCCCCCCCCCCC(C)N(C)C. The fraction of sp³-hybridized carbons (Fsp3) is 0.758. The number of carboxylic acid groups (broad SMARTS) is 1. The Bertz CT molecular complexity index is 732. The van der Waals surface area contributed by atoms with Crippen LogP contribution >= 0.6 is 0 Å². The molecule has 0 spiro atoms. The monoisotopic (exact) mass is 533 g/mol. The lowest BCUT2D eigenvalue weighted by atomic mass is 10.0. The molecule has 1 atom stereocenters. The number of unbranched alkanes of at least 4 members (excludes halogenated alkanes) is 15. The third-order valence-corrected chi connectivity index (χ3v) is 7.41. The minimum absolute atomic E-state index is 0.0638. The topological polar surface area (TPSA) is 77.8 Å². The van der Waals surface area contributed by atoms with Gasteiger partial charge in [-0.25, -0.2) is 4.79 Å². The number of nitrogens with zero attached hydrogens (tertiary/aromatic N) is 1. The Hall–Kier alpha value is -1.88. The van der Waals surface area contributed by atoms with E-state index in [4.69, 9.17) is 5.11 Å². The van der Waals surface area contributed by atoms with Crippen molar-refractivity contribution >= 4 is 11.8 Å². The maximum Gasteiger partial charge on any atom is 0.339 e. The summed E-state index contributed by atoms with van der Waals surface area (Å²) in [6.45, 7) is 6.80. The van der Waals surface area contributed by atoms with Gasteiger partial charge in [-0.05, 0) is 52.1 Å². The van der Waals surface area contributed by atoms with E-state index in [9.17, 15) is 14.7 Å². The number of benzene rings is 1. The van der Waals surface area contributed by atoms with E-state index in [1.165, 1.54) is 115 Å². The van der Waals surface area contributed by atoms with E-state index in [-0.39, 0.29) is 17.1 Å². The van der Waals surface area contributed by atoms with Crippen molar-refractivity contribution in [3.8, 4) is 5.75 Å². The number of carboxylic acids is 1. The summed E-state index contributed by atoms with van der Waals surface area (Å²) in [6.07, 6.45) is 24.2. The van der Waals surface area contributed by atoms with Gasteiger partial charge in [0, 0.05) is 18.0 Å². The van der Waals surface area contributed by atoms with Gasteiger partial charge in [0.2, 0.25) is 0 Å². The lowest BCUT2D eigenvalue weighted by molar-refractivity contribution is 0.0693. The molecule has 0 aromatic heterocycles. The summed E-state index contributed by atoms with van der Waals surface area (Å²) in [4.78, 5) is 25.2. The fourth-order valence-corrected chi connectivity index (χ4v) is 4.45. The zero-order chi connectivity index (χ0) is 28.6. The summed E-state index contributed by atoms with van der Waals surface area (Å²) in [6, 6.07) is 4.75. The first-order chi connectivity index (χ1) is 18.2. The van der Waals surface area contributed by atoms with Gasteiger partial charge in [0.1, 0.15) is 11.3 Å². The largest absolute Gasteiger partial charge is 0.507 e. The molecule has 1 unspecified atom stereocenters.